The maximum absolute atomic E-state index is 13.1. The molecule has 138 valence electrons. The average Bonchev–Trinajstić information content (AvgIpc) is 2.60. The molecule has 2 aromatic rings. The molecule has 7 heteroatoms. The van der Waals surface area contributed by atoms with Crippen LogP contribution in [0.4, 0.5) is 14.5 Å². The molecule has 0 aliphatic rings. The monoisotopic (exact) mass is 379 g/mol. The second-order valence-electron chi connectivity index (χ2n) is 5.66. The Hall–Kier alpha value is -2.41. The molecule has 0 unspecified atom stereocenters. The molecule has 0 saturated heterocycles. The third-order valence-electron chi connectivity index (χ3n) is 3.46. The van der Waals surface area contributed by atoms with E-state index >= 15 is 0 Å². The summed E-state index contributed by atoms with van der Waals surface area (Å²) in [5.74, 6) is -2.47. The molecule has 0 heterocycles. The average molecular weight is 379 g/mol. The van der Waals surface area contributed by atoms with Gasteiger partial charge in [-0.3, -0.25) is 9.59 Å². The number of carbonyl (C=O) groups excluding carboxylic acids is 2. The highest BCUT2D eigenvalue weighted by Crippen LogP contribution is 2.21. The fourth-order valence-electron chi connectivity index (χ4n) is 2.01. The van der Waals surface area contributed by atoms with Crippen molar-refractivity contribution in [3.63, 3.8) is 0 Å². The minimum absolute atomic E-state index is 0.0474. The lowest BCUT2D eigenvalue weighted by Gasteiger charge is -2.13. The summed E-state index contributed by atoms with van der Waals surface area (Å²) in [5, 5.41) is 2.67. The summed E-state index contributed by atoms with van der Waals surface area (Å²) < 4.78 is 31.0. The summed E-state index contributed by atoms with van der Waals surface area (Å²) >= 11 is 1.20. The van der Waals surface area contributed by atoms with Gasteiger partial charge in [0.05, 0.1) is 6.42 Å². The normalized spacial score (nSPS) is 11.7. The minimum atomic E-state index is -0.933. The quantitative estimate of drug-likeness (QED) is 0.575. The van der Waals surface area contributed by atoms with Crippen molar-refractivity contribution in [2.75, 3.05) is 11.1 Å². The third kappa shape index (κ3) is 6.15. The maximum atomic E-state index is 13.1. The number of hydrogen-bond acceptors (Lipinski definition) is 4. The van der Waals surface area contributed by atoms with E-state index in [-0.39, 0.29) is 6.42 Å². The number of hydrogen-bond donors (Lipinski definition) is 1. The molecule has 26 heavy (non-hydrogen) atoms. The first-order valence-corrected chi connectivity index (χ1v) is 8.98. The van der Waals surface area contributed by atoms with Gasteiger partial charge in [-0.05, 0) is 44.2 Å². The van der Waals surface area contributed by atoms with E-state index in [2.05, 4.69) is 5.32 Å². The van der Waals surface area contributed by atoms with Gasteiger partial charge >= 0.3 is 5.97 Å². The Morgan fingerprint density at radius 2 is 1.81 bits per heavy atom. The highest BCUT2D eigenvalue weighted by molar-refractivity contribution is 7.99. The standard InChI is InChI=1S/C19H19F2NO3S/c1-12-3-5-14(6-4-12)22-19(24)13(2)25-18(23)9-10-26-15-7-8-16(20)17(21)11-15/h3-8,11,13H,9-10H2,1-2H3,(H,22,24)/t13-/m0/s1. The van der Waals surface area contributed by atoms with E-state index < -0.39 is 29.6 Å². The second kappa shape index (κ2) is 9.33. The molecule has 1 N–H and O–H groups in total. The third-order valence-corrected chi connectivity index (χ3v) is 4.46. The molecule has 0 spiro atoms. The van der Waals surface area contributed by atoms with Crippen LogP contribution in [-0.2, 0) is 14.3 Å². The molecule has 0 aliphatic carbocycles. The number of ether oxygens (including phenoxy) is 1. The van der Waals surface area contributed by atoms with Crippen LogP contribution in [0.1, 0.15) is 18.9 Å². The van der Waals surface area contributed by atoms with E-state index in [0.29, 0.717) is 16.3 Å². The summed E-state index contributed by atoms with van der Waals surface area (Å²) in [6, 6.07) is 10.8. The molecular weight excluding hydrogens is 360 g/mol. The van der Waals surface area contributed by atoms with Crippen LogP contribution in [0, 0.1) is 18.6 Å². The van der Waals surface area contributed by atoms with Crippen molar-refractivity contribution in [2.45, 2.75) is 31.3 Å². The molecule has 0 bridgehead atoms. The number of carbonyl (C=O) groups is 2. The summed E-state index contributed by atoms with van der Waals surface area (Å²) in [4.78, 5) is 24.4. The van der Waals surface area contributed by atoms with Crippen LogP contribution < -0.4 is 5.32 Å². The summed E-state index contributed by atoms with van der Waals surface area (Å²) in [6.45, 7) is 3.43. The predicted molar refractivity (Wildman–Crippen MR) is 97.1 cm³/mol. The fourth-order valence-corrected chi connectivity index (χ4v) is 2.86. The number of nitrogens with one attached hydrogen (secondary N) is 1. The van der Waals surface area contributed by atoms with Crippen molar-refractivity contribution >= 4 is 29.3 Å². The largest absolute Gasteiger partial charge is 0.453 e. The number of benzene rings is 2. The van der Waals surface area contributed by atoms with Crippen LogP contribution in [0.25, 0.3) is 0 Å². The highest BCUT2D eigenvalue weighted by Gasteiger charge is 2.17. The van der Waals surface area contributed by atoms with Crippen molar-refractivity contribution in [3.05, 3.63) is 59.7 Å². The zero-order chi connectivity index (χ0) is 19.1. The molecule has 1 amide bonds. The van der Waals surface area contributed by atoms with Gasteiger partial charge < -0.3 is 10.1 Å². The van der Waals surface area contributed by atoms with Gasteiger partial charge in [0.15, 0.2) is 17.7 Å². The molecule has 2 rings (SSSR count). The molecule has 0 saturated carbocycles. The highest BCUT2D eigenvalue weighted by atomic mass is 32.2. The molecule has 0 aromatic heterocycles. The van der Waals surface area contributed by atoms with Crippen molar-refractivity contribution in [2.24, 2.45) is 0 Å². The van der Waals surface area contributed by atoms with Crippen molar-refractivity contribution in [1.82, 2.24) is 0 Å². The Kier molecular flexibility index (Phi) is 7.15. The number of rotatable bonds is 7. The van der Waals surface area contributed by atoms with Gasteiger partial charge in [-0.1, -0.05) is 17.7 Å². The van der Waals surface area contributed by atoms with E-state index in [1.807, 2.05) is 19.1 Å². The smallest absolute Gasteiger partial charge is 0.307 e. The van der Waals surface area contributed by atoms with E-state index in [0.717, 1.165) is 17.7 Å². The Labute approximate surface area is 154 Å². The Balaban J connectivity index is 1.74. The summed E-state index contributed by atoms with van der Waals surface area (Å²) in [7, 11) is 0. The van der Waals surface area contributed by atoms with E-state index in [1.165, 1.54) is 24.8 Å². The lowest BCUT2D eigenvalue weighted by Crippen LogP contribution is -2.30. The first kappa shape index (κ1) is 19.9. The van der Waals surface area contributed by atoms with Crippen molar-refractivity contribution in [1.29, 1.82) is 0 Å². The van der Waals surface area contributed by atoms with E-state index in [9.17, 15) is 18.4 Å². The van der Waals surface area contributed by atoms with Gasteiger partial charge in [0.2, 0.25) is 0 Å². The predicted octanol–water partition coefficient (Wildman–Crippen LogP) is 4.33. The lowest BCUT2D eigenvalue weighted by molar-refractivity contribution is -0.152. The first-order valence-electron chi connectivity index (χ1n) is 8.00. The van der Waals surface area contributed by atoms with Gasteiger partial charge in [-0.25, -0.2) is 8.78 Å². The summed E-state index contributed by atoms with van der Waals surface area (Å²) in [6.07, 6.45) is -0.886. The number of esters is 1. The van der Waals surface area contributed by atoms with E-state index in [4.69, 9.17) is 4.74 Å². The van der Waals surface area contributed by atoms with Gasteiger partial charge in [0, 0.05) is 16.3 Å². The Bertz CT molecular complexity index is 781. The maximum Gasteiger partial charge on any atom is 0.307 e. The number of halogens is 2. The van der Waals surface area contributed by atoms with E-state index in [1.54, 1.807) is 12.1 Å². The molecular formula is C19H19F2NO3S. The van der Waals surface area contributed by atoms with Gasteiger partial charge in [0.25, 0.3) is 5.91 Å². The zero-order valence-corrected chi connectivity index (χ0v) is 15.2. The van der Waals surface area contributed by atoms with Crippen molar-refractivity contribution in [3.8, 4) is 0 Å². The topological polar surface area (TPSA) is 55.4 Å². The molecule has 2 aromatic carbocycles. The van der Waals surface area contributed by atoms with Gasteiger partial charge in [-0.15, -0.1) is 11.8 Å². The summed E-state index contributed by atoms with van der Waals surface area (Å²) in [5.41, 5.74) is 1.69. The van der Waals surface area contributed by atoms with Crippen LogP contribution in [0.3, 0.4) is 0 Å². The van der Waals surface area contributed by atoms with Crippen molar-refractivity contribution < 1.29 is 23.1 Å². The van der Waals surface area contributed by atoms with Crippen LogP contribution >= 0.6 is 11.8 Å². The van der Waals surface area contributed by atoms with Gasteiger partial charge in [0.1, 0.15) is 0 Å². The number of thioether (sulfide) groups is 1. The number of aryl methyl sites for hydroxylation is 1. The molecule has 0 radical (unpaired) electrons. The molecule has 0 aliphatic heterocycles. The van der Waals surface area contributed by atoms with Crippen LogP contribution in [-0.4, -0.2) is 23.7 Å². The molecule has 0 fully saturated rings. The first-order chi connectivity index (χ1) is 12.3. The van der Waals surface area contributed by atoms with Crippen LogP contribution in [0.15, 0.2) is 47.4 Å². The second-order valence-corrected chi connectivity index (χ2v) is 6.83. The van der Waals surface area contributed by atoms with Crippen LogP contribution in [0.5, 0.6) is 0 Å². The fraction of sp³-hybridized carbons (Fsp3) is 0.263. The Morgan fingerprint density at radius 3 is 2.46 bits per heavy atom. The molecule has 1 atom stereocenters. The lowest BCUT2D eigenvalue weighted by atomic mass is 10.2. The number of anilines is 1. The SMILES string of the molecule is Cc1ccc(NC(=O)[C@H](C)OC(=O)CCSc2ccc(F)c(F)c2)cc1. The molecule has 4 nitrogen and oxygen atoms in total. The van der Waals surface area contributed by atoms with Gasteiger partial charge in [-0.2, -0.15) is 0 Å². The Morgan fingerprint density at radius 1 is 1.12 bits per heavy atom. The van der Waals surface area contributed by atoms with Crippen LogP contribution in [0.2, 0.25) is 0 Å². The number of amides is 1. The minimum Gasteiger partial charge on any atom is -0.453 e. The zero-order valence-electron chi connectivity index (χ0n) is 14.4.